The molecular formula is C25H30O8. The first-order valence-corrected chi connectivity index (χ1v) is 10.7. The standard InChI is InChI=1S/C25H30O8/c1-5-7-21-22(11-10-20(17(3)27)25(21)29)31-12-6-13-32-23-14-18(33-15-24(28)30-4)8-9-19(23)16(2)26/h8-11,14,29H,5-7,12-13,15H2,1-4H3. The van der Waals surface area contributed by atoms with Gasteiger partial charge in [0.05, 0.1) is 31.5 Å². The number of rotatable bonds is 13. The SMILES string of the molecule is CCCc1c(OCCCOc2cc(OCC(=O)OC)ccc2C(C)=O)ccc(C(C)=O)c1O. The van der Waals surface area contributed by atoms with Crippen molar-refractivity contribution in [3.8, 4) is 23.0 Å². The summed E-state index contributed by atoms with van der Waals surface area (Å²) < 4.78 is 21.5. The van der Waals surface area contributed by atoms with Gasteiger partial charge in [-0.25, -0.2) is 4.79 Å². The number of ketones is 2. The average molecular weight is 459 g/mol. The minimum atomic E-state index is -0.518. The van der Waals surface area contributed by atoms with Crippen LogP contribution in [0.25, 0.3) is 0 Å². The van der Waals surface area contributed by atoms with Crippen LogP contribution in [-0.4, -0.2) is 49.6 Å². The summed E-state index contributed by atoms with van der Waals surface area (Å²) in [5.41, 5.74) is 1.29. The number of hydrogen-bond acceptors (Lipinski definition) is 8. The van der Waals surface area contributed by atoms with Crippen molar-refractivity contribution < 1.29 is 38.4 Å². The maximum atomic E-state index is 11.9. The molecule has 0 fully saturated rings. The molecule has 0 bridgehead atoms. The molecule has 2 aromatic carbocycles. The smallest absolute Gasteiger partial charge is 0.343 e. The van der Waals surface area contributed by atoms with E-state index in [1.165, 1.54) is 21.0 Å². The molecule has 2 aromatic rings. The topological polar surface area (TPSA) is 108 Å². The number of aromatic hydroxyl groups is 1. The molecule has 0 atom stereocenters. The number of phenolic OH excluding ortho intramolecular Hbond substituents is 1. The highest BCUT2D eigenvalue weighted by Crippen LogP contribution is 2.33. The summed E-state index contributed by atoms with van der Waals surface area (Å²) in [6.07, 6.45) is 1.88. The van der Waals surface area contributed by atoms with Gasteiger partial charge in [-0.1, -0.05) is 13.3 Å². The molecule has 0 aliphatic heterocycles. The molecule has 8 nitrogen and oxygen atoms in total. The van der Waals surface area contributed by atoms with E-state index < -0.39 is 5.97 Å². The predicted octanol–water partition coefficient (Wildman–Crippen LogP) is 4.15. The first kappa shape index (κ1) is 25.7. The molecule has 0 unspecified atom stereocenters. The number of esters is 1. The van der Waals surface area contributed by atoms with E-state index >= 15 is 0 Å². The third-order valence-corrected chi connectivity index (χ3v) is 4.84. The number of Topliss-reactive ketones (excluding diaryl/α,β-unsaturated/α-hetero) is 2. The van der Waals surface area contributed by atoms with Crippen LogP contribution in [0.15, 0.2) is 30.3 Å². The molecular weight excluding hydrogens is 428 g/mol. The van der Waals surface area contributed by atoms with Crippen molar-refractivity contribution in [2.45, 2.75) is 40.0 Å². The molecule has 33 heavy (non-hydrogen) atoms. The summed E-state index contributed by atoms with van der Waals surface area (Å²) in [7, 11) is 1.27. The van der Waals surface area contributed by atoms with Crippen LogP contribution in [0, 0.1) is 0 Å². The quantitative estimate of drug-likeness (QED) is 0.271. The van der Waals surface area contributed by atoms with Crippen LogP contribution in [0.5, 0.6) is 23.0 Å². The zero-order chi connectivity index (χ0) is 24.4. The Hall–Kier alpha value is -3.55. The van der Waals surface area contributed by atoms with Crippen LogP contribution in [0.1, 0.15) is 59.9 Å². The molecule has 0 spiro atoms. The summed E-state index contributed by atoms with van der Waals surface area (Å²) >= 11 is 0. The fourth-order valence-electron chi connectivity index (χ4n) is 3.16. The Morgan fingerprint density at radius 2 is 1.52 bits per heavy atom. The highest BCUT2D eigenvalue weighted by atomic mass is 16.6. The first-order chi connectivity index (χ1) is 15.8. The fourth-order valence-corrected chi connectivity index (χ4v) is 3.16. The Kier molecular flexibility index (Phi) is 9.72. The molecule has 2 rings (SSSR count). The van der Waals surface area contributed by atoms with Crippen molar-refractivity contribution in [2.24, 2.45) is 0 Å². The number of carbonyl (C=O) groups is 3. The van der Waals surface area contributed by atoms with Gasteiger partial charge in [-0.2, -0.15) is 0 Å². The van der Waals surface area contributed by atoms with Crippen molar-refractivity contribution in [1.29, 1.82) is 0 Å². The van der Waals surface area contributed by atoms with Crippen LogP contribution in [-0.2, 0) is 16.0 Å². The number of carbonyl (C=O) groups excluding carboxylic acids is 3. The lowest BCUT2D eigenvalue weighted by Gasteiger charge is -2.15. The second-order valence-corrected chi connectivity index (χ2v) is 7.37. The molecule has 0 heterocycles. The van der Waals surface area contributed by atoms with Crippen molar-refractivity contribution in [2.75, 3.05) is 26.9 Å². The Morgan fingerprint density at radius 3 is 2.12 bits per heavy atom. The van der Waals surface area contributed by atoms with Crippen molar-refractivity contribution >= 4 is 17.5 Å². The molecule has 178 valence electrons. The Bertz CT molecular complexity index is 996. The highest BCUT2D eigenvalue weighted by Gasteiger charge is 2.16. The van der Waals surface area contributed by atoms with E-state index in [0.717, 1.165) is 6.42 Å². The largest absolute Gasteiger partial charge is 0.507 e. The van der Waals surface area contributed by atoms with Crippen LogP contribution in [0.2, 0.25) is 0 Å². The van der Waals surface area contributed by atoms with Gasteiger partial charge in [-0.3, -0.25) is 9.59 Å². The summed E-state index contributed by atoms with van der Waals surface area (Å²) in [5, 5.41) is 10.4. The van der Waals surface area contributed by atoms with E-state index in [0.29, 0.717) is 47.8 Å². The van der Waals surface area contributed by atoms with Crippen LogP contribution >= 0.6 is 0 Å². The van der Waals surface area contributed by atoms with Gasteiger partial charge in [0.2, 0.25) is 0 Å². The molecule has 0 saturated heterocycles. The third kappa shape index (κ3) is 7.24. The van der Waals surface area contributed by atoms with Gasteiger partial charge in [0.25, 0.3) is 0 Å². The van der Waals surface area contributed by atoms with Crippen molar-refractivity contribution in [1.82, 2.24) is 0 Å². The van der Waals surface area contributed by atoms with E-state index in [1.807, 2.05) is 6.92 Å². The van der Waals surface area contributed by atoms with E-state index in [-0.39, 0.29) is 36.1 Å². The molecule has 1 N–H and O–H groups in total. The lowest BCUT2D eigenvalue weighted by Crippen LogP contribution is -2.13. The zero-order valence-electron chi connectivity index (χ0n) is 19.4. The van der Waals surface area contributed by atoms with E-state index in [2.05, 4.69) is 4.74 Å². The second-order valence-electron chi connectivity index (χ2n) is 7.37. The van der Waals surface area contributed by atoms with Crippen LogP contribution < -0.4 is 14.2 Å². The third-order valence-electron chi connectivity index (χ3n) is 4.84. The molecule has 0 radical (unpaired) electrons. The number of ether oxygens (including phenoxy) is 4. The normalized spacial score (nSPS) is 10.4. The van der Waals surface area contributed by atoms with Gasteiger partial charge in [-0.05, 0) is 44.5 Å². The number of methoxy groups -OCH3 is 1. The van der Waals surface area contributed by atoms with Gasteiger partial charge in [0, 0.05) is 18.1 Å². The lowest BCUT2D eigenvalue weighted by molar-refractivity contribution is -0.142. The minimum Gasteiger partial charge on any atom is -0.507 e. The van der Waals surface area contributed by atoms with Crippen LogP contribution in [0.4, 0.5) is 0 Å². The number of hydrogen-bond donors (Lipinski definition) is 1. The summed E-state index contributed by atoms with van der Waals surface area (Å²) in [5.74, 6) is 0.335. The predicted molar refractivity (Wildman–Crippen MR) is 122 cm³/mol. The van der Waals surface area contributed by atoms with Gasteiger partial charge >= 0.3 is 5.97 Å². The van der Waals surface area contributed by atoms with E-state index in [9.17, 15) is 19.5 Å². The molecule has 8 heteroatoms. The van der Waals surface area contributed by atoms with Crippen molar-refractivity contribution in [3.05, 3.63) is 47.0 Å². The van der Waals surface area contributed by atoms with Gasteiger partial charge in [0.15, 0.2) is 18.2 Å². The molecule has 0 saturated carbocycles. The maximum Gasteiger partial charge on any atom is 0.343 e. The zero-order valence-corrected chi connectivity index (χ0v) is 19.4. The van der Waals surface area contributed by atoms with Crippen LogP contribution in [0.3, 0.4) is 0 Å². The van der Waals surface area contributed by atoms with E-state index in [4.69, 9.17) is 14.2 Å². The van der Waals surface area contributed by atoms with E-state index in [1.54, 1.807) is 30.3 Å². The van der Waals surface area contributed by atoms with Crippen molar-refractivity contribution in [3.63, 3.8) is 0 Å². The fraction of sp³-hybridized carbons (Fsp3) is 0.400. The Balaban J connectivity index is 1.99. The van der Waals surface area contributed by atoms with Gasteiger partial charge in [0.1, 0.15) is 23.0 Å². The summed E-state index contributed by atoms with van der Waals surface area (Å²) in [4.78, 5) is 34.9. The number of phenols is 1. The maximum absolute atomic E-state index is 11.9. The Labute approximate surface area is 193 Å². The van der Waals surface area contributed by atoms with Gasteiger partial charge in [-0.15, -0.1) is 0 Å². The first-order valence-electron chi connectivity index (χ1n) is 10.7. The summed E-state index contributed by atoms with van der Waals surface area (Å²) in [6.45, 7) is 5.15. The molecule has 0 aliphatic carbocycles. The molecule has 0 amide bonds. The Morgan fingerprint density at radius 1 is 0.879 bits per heavy atom. The number of benzene rings is 2. The monoisotopic (exact) mass is 458 g/mol. The second kappa shape index (κ2) is 12.5. The minimum absolute atomic E-state index is 0.0343. The molecule has 0 aliphatic rings. The molecule has 0 aromatic heterocycles. The summed E-state index contributed by atoms with van der Waals surface area (Å²) in [6, 6.07) is 7.97. The highest BCUT2D eigenvalue weighted by molar-refractivity contribution is 5.97. The average Bonchev–Trinajstić information content (AvgIpc) is 2.78. The van der Waals surface area contributed by atoms with Gasteiger partial charge < -0.3 is 24.1 Å². The lowest BCUT2D eigenvalue weighted by atomic mass is 10.0.